The topological polar surface area (TPSA) is 92.5 Å². The second kappa shape index (κ2) is 10.5. The number of H-pyrrole nitrogens is 1. The molecule has 35 heavy (non-hydrogen) atoms. The summed E-state index contributed by atoms with van der Waals surface area (Å²) in [6.07, 6.45) is 0.595. The van der Waals surface area contributed by atoms with Gasteiger partial charge >= 0.3 is 0 Å². The minimum atomic E-state index is -0.330. The molecule has 0 fully saturated rings. The van der Waals surface area contributed by atoms with E-state index in [-0.39, 0.29) is 11.8 Å². The SMILES string of the molecule is COc1ccc(CCNC(=O)c2[nH]c3ccc(C)cc3c2NC(=O)c2ccc(Cl)cc2)cc1OC. The summed E-state index contributed by atoms with van der Waals surface area (Å²) in [5.41, 5.74) is 3.93. The van der Waals surface area contributed by atoms with Crippen molar-refractivity contribution in [2.45, 2.75) is 13.3 Å². The zero-order valence-electron chi connectivity index (χ0n) is 19.7. The van der Waals surface area contributed by atoms with Gasteiger partial charge in [0.2, 0.25) is 0 Å². The number of rotatable bonds is 8. The molecule has 1 aromatic heterocycles. The predicted octanol–water partition coefficient (Wildman–Crippen LogP) is 5.37. The molecule has 0 unspecified atom stereocenters. The lowest BCUT2D eigenvalue weighted by Crippen LogP contribution is -2.27. The van der Waals surface area contributed by atoms with Gasteiger partial charge in [-0.2, -0.15) is 0 Å². The number of carbonyl (C=O) groups excluding carboxylic acids is 2. The van der Waals surface area contributed by atoms with E-state index in [0.717, 1.165) is 22.0 Å². The van der Waals surface area contributed by atoms with Gasteiger partial charge in [-0.15, -0.1) is 0 Å². The van der Waals surface area contributed by atoms with Crippen LogP contribution in [0.2, 0.25) is 5.02 Å². The van der Waals surface area contributed by atoms with Gasteiger partial charge in [-0.25, -0.2) is 0 Å². The average Bonchev–Trinajstić information content (AvgIpc) is 3.21. The van der Waals surface area contributed by atoms with Gasteiger partial charge in [0, 0.05) is 28.0 Å². The molecule has 0 aliphatic heterocycles. The summed E-state index contributed by atoms with van der Waals surface area (Å²) in [7, 11) is 3.17. The van der Waals surface area contributed by atoms with Crippen molar-refractivity contribution in [1.82, 2.24) is 10.3 Å². The maximum atomic E-state index is 13.1. The lowest BCUT2D eigenvalue weighted by Gasteiger charge is -2.11. The van der Waals surface area contributed by atoms with Gasteiger partial charge in [0.25, 0.3) is 11.8 Å². The number of amides is 2. The molecule has 2 amide bonds. The number of benzene rings is 3. The molecule has 0 saturated carbocycles. The highest BCUT2D eigenvalue weighted by Gasteiger charge is 2.20. The Bertz CT molecular complexity index is 1380. The van der Waals surface area contributed by atoms with Crippen molar-refractivity contribution >= 4 is 40.0 Å². The third-order valence-electron chi connectivity index (χ3n) is 5.67. The summed E-state index contributed by atoms with van der Waals surface area (Å²) in [6.45, 7) is 2.35. The number of fused-ring (bicyclic) bond motifs is 1. The van der Waals surface area contributed by atoms with Crippen molar-refractivity contribution in [3.63, 3.8) is 0 Å². The zero-order chi connectivity index (χ0) is 24.9. The Hall–Kier alpha value is -3.97. The summed E-state index contributed by atoms with van der Waals surface area (Å²) in [5, 5.41) is 7.15. The Morgan fingerprint density at radius 1 is 0.914 bits per heavy atom. The van der Waals surface area contributed by atoms with Crippen LogP contribution in [-0.4, -0.2) is 37.6 Å². The number of halogens is 1. The highest BCUT2D eigenvalue weighted by Crippen LogP contribution is 2.30. The van der Waals surface area contributed by atoms with Crippen molar-refractivity contribution in [3.8, 4) is 11.5 Å². The average molecular weight is 492 g/mol. The standard InChI is InChI=1S/C27H26ClN3O4/c1-16-4-10-21-20(14-16)24(31-26(32)18-6-8-19(28)9-7-18)25(30-21)27(33)29-13-12-17-5-11-22(34-2)23(15-17)35-3/h4-11,14-15,30H,12-13H2,1-3H3,(H,29,33)(H,31,32). The fourth-order valence-electron chi connectivity index (χ4n) is 3.84. The van der Waals surface area contributed by atoms with Crippen LogP contribution in [0.3, 0.4) is 0 Å². The van der Waals surface area contributed by atoms with E-state index in [0.29, 0.717) is 46.4 Å². The number of ether oxygens (including phenoxy) is 2. The lowest BCUT2D eigenvalue weighted by molar-refractivity contribution is 0.0951. The third-order valence-corrected chi connectivity index (χ3v) is 5.93. The second-order valence-corrected chi connectivity index (χ2v) is 8.52. The Kier molecular flexibility index (Phi) is 7.27. The number of nitrogens with one attached hydrogen (secondary N) is 3. The van der Waals surface area contributed by atoms with Crippen molar-refractivity contribution in [3.05, 3.63) is 88.1 Å². The molecule has 0 bridgehead atoms. The Balaban J connectivity index is 1.54. The molecule has 0 radical (unpaired) electrons. The number of hydrogen-bond donors (Lipinski definition) is 3. The molecule has 3 N–H and O–H groups in total. The maximum absolute atomic E-state index is 13.1. The number of methoxy groups -OCH3 is 2. The second-order valence-electron chi connectivity index (χ2n) is 8.08. The summed E-state index contributed by atoms with van der Waals surface area (Å²) in [4.78, 5) is 29.2. The fourth-order valence-corrected chi connectivity index (χ4v) is 3.96. The van der Waals surface area contributed by atoms with E-state index in [9.17, 15) is 9.59 Å². The van der Waals surface area contributed by atoms with Gasteiger partial charge in [0.1, 0.15) is 5.69 Å². The minimum absolute atomic E-state index is 0.292. The van der Waals surface area contributed by atoms with Crippen molar-refractivity contribution < 1.29 is 19.1 Å². The summed E-state index contributed by atoms with van der Waals surface area (Å²) in [6, 6.07) is 18.0. The molecule has 4 aromatic rings. The van der Waals surface area contributed by atoms with Crippen molar-refractivity contribution in [2.24, 2.45) is 0 Å². The highest BCUT2D eigenvalue weighted by molar-refractivity contribution is 6.30. The quantitative estimate of drug-likeness (QED) is 0.309. The Labute approximate surface area is 208 Å². The normalized spacial score (nSPS) is 10.7. The van der Waals surface area contributed by atoms with Crippen LogP contribution >= 0.6 is 11.6 Å². The van der Waals surface area contributed by atoms with Gasteiger partial charge in [0.05, 0.1) is 19.9 Å². The van der Waals surface area contributed by atoms with Gasteiger partial charge in [-0.05, 0) is 67.4 Å². The summed E-state index contributed by atoms with van der Waals surface area (Å²) < 4.78 is 10.6. The van der Waals surface area contributed by atoms with E-state index >= 15 is 0 Å². The van der Waals surface area contributed by atoms with Crippen LogP contribution in [0.25, 0.3) is 10.9 Å². The third kappa shape index (κ3) is 5.41. The molecule has 7 nitrogen and oxygen atoms in total. The van der Waals surface area contributed by atoms with Gasteiger partial charge in [0.15, 0.2) is 11.5 Å². The smallest absolute Gasteiger partial charge is 0.269 e. The first-order valence-electron chi connectivity index (χ1n) is 11.1. The number of anilines is 1. The molecule has 0 spiro atoms. The first-order valence-corrected chi connectivity index (χ1v) is 11.5. The number of aromatic nitrogens is 1. The number of aromatic amines is 1. The molecule has 0 saturated heterocycles. The molecular formula is C27H26ClN3O4. The maximum Gasteiger partial charge on any atom is 0.269 e. The molecule has 180 valence electrons. The van der Waals surface area contributed by atoms with Crippen LogP contribution in [0.15, 0.2) is 60.7 Å². The molecule has 1 heterocycles. The van der Waals surface area contributed by atoms with Crippen LogP contribution in [0.5, 0.6) is 11.5 Å². The van der Waals surface area contributed by atoms with Crippen molar-refractivity contribution in [2.75, 3.05) is 26.1 Å². The van der Waals surface area contributed by atoms with Crippen molar-refractivity contribution in [1.29, 1.82) is 0 Å². The minimum Gasteiger partial charge on any atom is -0.493 e. The summed E-state index contributed by atoms with van der Waals surface area (Å²) >= 11 is 5.94. The Morgan fingerprint density at radius 3 is 2.37 bits per heavy atom. The van der Waals surface area contributed by atoms with E-state index in [2.05, 4.69) is 15.6 Å². The first-order chi connectivity index (χ1) is 16.9. The van der Waals surface area contributed by atoms with Crippen LogP contribution in [0.1, 0.15) is 32.0 Å². The van der Waals surface area contributed by atoms with Crippen LogP contribution in [-0.2, 0) is 6.42 Å². The van der Waals surface area contributed by atoms with E-state index < -0.39 is 0 Å². The lowest BCUT2D eigenvalue weighted by atomic mass is 10.1. The molecule has 4 rings (SSSR count). The first kappa shape index (κ1) is 24.2. The number of carbonyl (C=O) groups is 2. The van der Waals surface area contributed by atoms with E-state index in [1.807, 2.05) is 43.3 Å². The van der Waals surface area contributed by atoms with E-state index in [4.69, 9.17) is 21.1 Å². The van der Waals surface area contributed by atoms with Crippen LogP contribution < -0.4 is 20.1 Å². The molecule has 0 aliphatic carbocycles. The van der Waals surface area contributed by atoms with E-state index in [1.54, 1.807) is 38.5 Å². The van der Waals surface area contributed by atoms with Gasteiger partial charge in [-0.3, -0.25) is 9.59 Å². The fraction of sp³-hybridized carbons (Fsp3) is 0.185. The van der Waals surface area contributed by atoms with Gasteiger partial charge in [-0.1, -0.05) is 29.3 Å². The van der Waals surface area contributed by atoms with Crippen LogP contribution in [0, 0.1) is 6.92 Å². The van der Waals surface area contributed by atoms with E-state index in [1.165, 1.54) is 0 Å². The predicted molar refractivity (Wildman–Crippen MR) is 138 cm³/mol. The summed E-state index contributed by atoms with van der Waals surface area (Å²) in [5.74, 6) is 0.637. The molecule has 0 aliphatic rings. The zero-order valence-corrected chi connectivity index (χ0v) is 20.5. The Morgan fingerprint density at radius 2 is 1.66 bits per heavy atom. The number of aryl methyl sites for hydroxylation is 1. The molecule has 8 heteroatoms. The number of hydrogen-bond acceptors (Lipinski definition) is 4. The van der Waals surface area contributed by atoms with Gasteiger partial charge < -0.3 is 25.1 Å². The largest absolute Gasteiger partial charge is 0.493 e. The van der Waals surface area contributed by atoms with Crippen LogP contribution in [0.4, 0.5) is 5.69 Å². The molecule has 3 aromatic carbocycles. The molecular weight excluding hydrogens is 466 g/mol. The highest BCUT2D eigenvalue weighted by atomic mass is 35.5. The monoisotopic (exact) mass is 491 g/mol. The molecule has 0 atom stereocenters.